The van der Waals surface area contributed by atoms with Crippen LogP contribution in [0.4, 0.5) is 5.82 Å². The number of para-hydroxylation sites is 1. The molecule has 49 heavy (non-hydrogen) atoms. The summed E-state index contributed by atoms with van der Waals surface area (Å²) in [4.78, 5) is 28.2. The van der Waals surface area contributed by atoms with Crippen LogP contribution < -0.4 is 26.4 Å². The van der Waals surface area contributed by atoms with E-state index in [1.807, 2.05) is 6.07 Å². The van der Waals surface area contributed by atoms with Crippen LogP contribution in [0.1, 0.15) is 64.5 Å². The number of nitrogens with two attached hydrogens (primary N) is 1. The summed E-state index contributed by atoms with van der Waals surface area (Å²) >= 11 is 1.42. The molecule has 1 aliphatic heterocycles. The summed E-state index contributed by atoms with van der Waals surface area (Å²) in [6, 6.07) is 10.2. The number of thioether (sulfide) groups is 1. The van der Waals surface area contributed by atoms with Crippen molar-refractivity contribution in [2.75, 3.05) is 31.2 Å². The molecule has 1 fully saturated rings. The maximum atomic E-state index is 13.6. The van der Waals surface area contributed by atoms with Gasteiger partial charge in [0.2, 0.25) is 5.91 Å². The fourth-order valence-corrected chi connectivity index (χ4v) is 6.85. The minimum Gasteiger partial charge on any atom is -0.413 e. The highest BCUT2D eigenvalue weighted by Crippen LogP contribution is 2.45. The first-order valence-corrected chi connectivity index (χ1v) is 19.4. The lowest BCUT2D eigenvalue weighted by molar-refractivity contribution is -0.121. The molecule has 0 aliphatic carbocycles. The van der Waals surface area contributed by atoms with Crippen molar-refractivity contribution in [3.8, 4) is 5.75 Å². The minimum absolute atomic E-state index is 0.0579. The summed E-state index contributed by atoms with van der Waals surface area (Å²) < 4.78 is 32.4. The van der Waals surface area contributed by atoms with E-state index >= 15 is 0 Å². The van der Waals surface area contributed by atoms with Gasteiger partial charge in [-0.25, -0.2) is 14.4 Å². The summed E-state index contributed by atoms with van der Waals surface area (Å²) in [5.41, 5.74) is 4.57. The standard InChI is InChI=1S/C36H50N5O6PS/c1-2-3-4-5-6-7-8-9-10-11-12-13-14-15-16-17-21-24-33(42)38-26-27-39-48(44,47-31-22-19-18-20-23-31)45-29-35-46-34(30-49-35)41-28-25-32(37)40-36(41)43/h3-4,6-7,9-10,12-13,15-16,18-20,22-23,25,28,34-35H,2,5,8,11,14,17,21,24,26-27,29-30H2,1H3,(H,38,42)(H,39,44)(H2,37,40,43)/b4-3-,7-6-,10-9-,13-12-,16-15-/t34?,35-,48?/m1/s1. The van der Waals surface area contributed by atoms with E-state index in [-0.39, 0.29) is 31.4 Å². The van der Waals surface area contributed by atoms with Gasteiger partial charge in [0.15, 0.2) is 0 Å². The first kappa shape index (κ1) is 39.8. The number of anilines is 1. The van der Waals surface area contributed by atoms with Gasteiger partial charge in [-0.1, -0.05) is 85.9 Å². The SMILES string of the molecule is CC/C=C\C/C=C\C/C=C\C/C=C\C/C=C\CCCC(=O)NCCNP(=O)(OC[C@@H]1OC(n2ccc(N)nc2=O)CS1)Oc1ccccc1. The normalized spacial score (nSPS) is 18.0. The van der Waals surface area contributed by atoms with Crippen molar-refractivity contribution in [1.29, 1.82) is 0 Å². The van der Waals surface area contributed by atoms with Crippen molar-refractivity contribution >= 4 is 31.2 Å². The number of nitrogens with zero attached hydrogens (tertiary/aromatic N) is 2. The molecule has 0 saturated carbocycles. The highest BCUT2D eigenvalue weighted by molar-refractivity contribution is 8.00. The van der Waals surface area contributed by atoms with Crippen molar-refractivity contribution in [2.45, 2.75) is 70.0 Å². The number of nitrogen functional groups attached to an aromatic ring is 1. The lowest BCUT2D eigenvalue weighted by Crippen LogP contribution is -2.32. The van der Waals surface area contributed by atoms with Crippen LogP contribution >= 0.6 is 19.5 Å². The Labute approximate surface area is 294 Å². The number of amides is 1. The van der Waals surface area contributed by atoms with Crippen molar-refractivity contribution in [3.05, 3.63) is 114 Å². The quantitative estimate of drug-likeness (QED) is 0.0612. The second-order valence-electron chi connectivity index (χ2n) is 11.0. The van der Waals surface area contributed by atoms with Crippen molar-refractivity contribution in [2.24, 2.45) is 0 Å². The summed E-state index contributed by atoms with van der Waals surface area (Å²) in [6.45, 7) is 2.49. The number of nitrogens with one attached hydrogen (secondary N) is 2. The van der Waals surface area contributed by atoms with E-state index in [1.54, 1.807) is 24.3 Å². The topological polar surface area (TPSA) is 147 Å². The molecule has 2 heterocycles. The lowest BCUT2D eigenvalue weighted by atomic mass is 10.2. The molecule has 2 unspecified atom stereocenters. The Morgan fingerprint density at radius 3 is 2.31 bits per heavy atom. The predicted octanol–water partition coefficient (Wildman–Crippen LogP) is 7.24. The van der Waals surface area contributed by atoms with Gasteiger partial charge in [0.25, 0.3) is 0 Å². The molecule has 2 aromatic rings. The number of rotatable bonds is 23. The Bertz CT molecular complexity index is 1510. The zero-order valence-corrected chi connectivity index (χ0v) is 29.9. The molecule has 0 bridgehead atoms. The summed E-state index contributed by atoms with van der Waals surface area (Å²) in [5.74, 6) is 0.899. The third kappa shape index (κ3) is 17.0. The number of aromatic nitrogens is 2. The van der Waals surface area contributed by atoms with E-state index in [4.69, 9.17) is 19.5 Å². The van der Waals surface area contributed by atoms with E-state index in [9.17, 15) is 14.2 Å². The van der Waals surface area contributed by atoms with Gasteiger partial charge in [0.1, 0.15) is 23.2 Å². The maximum absolute atomic E-state index is 13.6. The Morgan fingerprint density at radius 1 is 1.00 bits per heavy atom. The highest BCUT2D eigenvalue weighted by atomic mass is 32.2. The van der Waals surface area contributed by atoms with E-state index in [0.717, 1.165) is 44.9 Å². The molecule has 0 spiro atoms. The van der Waals surface area contributed by atoms with Gasteiger partial charge in [0, 0.05) is 31.5 Å². The molecule has 3 atom stereocenters. The van der Waals surface area contributed by atoms with Gasteiger partial charge in [-0.15, -0.1) is 11.8 Å². The van der Waals surface area contributed by atoms with Gasteiger partial charge in [-0.05, 0) is 63.1 Å². The highest BCUT2D eigenvalue weighted by Gasteiger charge is 2.33. The number of carbonyl (C=O) groups is 1. The van der Waals surface area contributed by atoms with Crippen LogP contribution in [0.3, 0.4) is 0 Å². The van der Waals surface area contributed by atoms with Crippen LogP contribution in [0.25, 0.3) is 0 Å². The average molecular weight is 712 g/mol. The zero-order valence-electron chi connectivity index (χ0n) is 28.2. The molecule has 13 heteroatoms. The number of ether oxygens (including phenoxy) is 1. The number of carbonyl (C=O) groups excluding carboxylic acids is 1. The van der Waals surface area contributed by atoms with Crippen LogP contribution in [0.5, 0.6) is 5.75 Å². The van der Waals surface area contributed by atoms with E-state index < -0.39 is 25.1 Å². The van der Waals surface area contributed by atoms with Crippen LogP contribution in [0, 0.1) is 0 Å². The van der Waals surface area contributed by atoms with Crippen LogP contribution in [0.2, 0.25) is 0 Å². The van der Waals surface area contributed by atoms with Gasteiger partial charge in [-0.2, -0.15) is 4.98 Å². The number of hydrogen-bond donors (Lipinski definition) is 3. The second-order valence-corrected chi connectivity index (χ2v) is 13.9. The lowest BCUT2D eigenvalue weighted by Gasteiger charge is -2.22. The largest absolute Gasteiger partial charge is 0.458 e. The maximum Gasteiger partial charge on any atom is 0.458 e. The average Bonchev–Trinajstić information content (AvgIpc) is 3.56. The molecule has 266 valence electrons. The molecule has 3 rings (SSSR count). The molecule has 11 nitrogen and oxygen atoms in total. The van der Waals surface area contributed by atoms with Crippen molar-refractivity contribution in [1.82, 2.24) is 20.0 Å². The Kier molecular flexibility index (Phi) is 19.2. The fraction of sp³-hybridized carbons (Fsp3) is 0.417. The third-order valence-electron chi connectivity index (χ3n) is 6.93. The van der Waals surface area contributed by atoms with Gasteiger partial charge >= 0.3 is 13.4 Å². The van der Waals surface area contributed by atoms with Gasteiger partial charge in [-0.3, -0.25) is 13.9 Å². The van der Waals surface area contributed by atoms with Crippen molar-refractivity contribution < 1.29 is 23.1 Å². The van der Waals surface area contributed by atoms with Crippen LogP contribution in [-0.4, -0.2) is 46.3 Å². The third-order valence-corrected chi connectivity index (χ3v) is 9.58. The number of hydrogen-bond acceptors (Lipinski definition) is 9. The summed E-state index contributed by atoms with van der Waals surface area (Å²) in [5, 5.41) is 5.68. The zero-order chi connectivity index (χ0) is 35.0. The van der Waals surface area contributed by atoms with E-state index in [1.165, 1.54) is 28.6 Å². The first-order valence-electron chi connectivity index (χ1n) is 16.8. The monoisotopic (exact) mass is 711 g/mol. The van der Waals surface area contributed by atoms with E-state index in [2.05, 4.69) is 83.1 Å². The van der Waals surface area contributed by atoms with Gasteiger partial charge < -0.3 is 20.3 Å². The molecular weight excluding hydrogens is 661 g/mol. The molecule has 0 radical (unpaired) electrons. The summed E-state index contributed by atoms with van der Waals surface area (Å²) in [7, 11) is -3.83. The van der Waals surface area contributed by atoms with Gasteiger partial charge in [0.05, 0.1) is 6.61 Å². The minimum atomic E-state index is -3.83. The summed E-state index contributed by atoms with van der Waals surface area (Å²) in [6.07, 6.45) is 29.4. The Hall–Kier alpha value is -3.67. The van der Waals surface area contributed by atoms with E-state index in [0.29, 0.717) is 17.9 Å². The van der Waals surface area contributed by atoms with Crippen LogP contribution in [0.15, 0.2) is 108 Å². The molecule has 1 saturated heterocycles. The molecule has 1 aliphatic rings. The molecule has 1 aromatic heterocycles. The smallest absolute Gasteiger partial charge is 0.413 e. The first-order chi connectivity index (χ1) is 23.9. The van der Waals surface area contributed by atoms with Crippen LogP contribution in [-0.2, 0) is 18.6 Å². The fourth-order valence-electron chi connectivity index (χ4n) is 4.44. The molecule has 1 aromatic carbocycles. The number of benzene rings is 1. The Balaban J connectivity index is 1.30. The number of allylic oxidation sites excluding steroid dienone is 10. The second kappa shape index (κ2) is 23.6. The molecular formula is C36H50N5O6PS. The van der Waals surface area contributed by atoms with Crippen molar-refractivity contribution in [3.63, 3.8) is 0 Å². The molecule has 4 N–H and O–H groups in total. The Morgan fingerprint density at radius 2 is 1.65 bits per heavy atom. The molecule has 1 amide bonds. The predicted molar refractivity (Wildman–Crippen MR) is 199 cm³/mol. The number of unbranched alkanes of at least 4 members (excludes halogenated alkanes) is 1.